The minimum atomic E-state index is -4.39. The summed E-state index contributed by atoms with van der Waals surface area (Å²) in [5.41, 5.74) is 2.20. The fourth-order valence-corrected chi connectivity index (χ4v) is 7.58. The first-order valence-electron chi connectivity index (χ1n) is 15.8. The maximum Gasteiger partial charge on any atom is 0.264 e. The number of sulfonamides is 1. The Kier molecular flexibility index (Phi) is 11.5. The molecule has 47 heavy (non-hydrogen) atoms. The molecule has 4 aromatic rings. The van der Waals surface area contributed by atoms with Crippen molar-refractivity contribution >= 4 is 43.5 Å². The minimum absolute atomic E-state index is 0.00372. The molecular weight excluding hydrogens is 681 g/mol. The second-order valence-corrected chi connectivity index (χ2v) is 14.8. The van der Waals surface area contributed by atoms with Gasteiger partial charge in [-0.3, -0.25) is 13.9 Å². The van der Waals surface area contributed by atoms with Crippen LogP contribution >= 0.6 is 15.9 Å². The number of aryl methyl sites for hydroxylation is 1. The molecule has 10 heteroatoms. The molecule has 0 saturated heterocycles. The number of rotatable bonds is 12. The lowest BCUT2D eigenvalue weighted by atomic mass is 9.94. The van der Waals surface area contributed by atoms with Gasteiger partial charge in [0.1, 0.15) is 18.4 Å². The van der Waals surface area contributed by atoms with Gasteiger partial charge in [-0.05, 0) is 67.3 Å². The number of halogens is 2. The Bertz CT molecular complexity index is 1760. The van der Waals surface area contributed by atoms with E-state index in [1.807, 2.05) is 61.5 Å². The molecule has 2 amide bonds. The van der Waals surface area contributed by atoms with Gasteiger partial charge < -0.3 is 10.2 Å². The molecule has 0 bridgehead atoms. The Hall–Kier alpha value is -4.02. The molecular formula is C37H39BrFN3O4S. The van der Waals surface area contributed by atoms with Crippen LogP contribution in [0.5, 0.6) is 0 Å². The van der Waals surface area contributed by atoms with Gasteiger partial charge >= 0.3 is 0 Å². The number of para-hydroxylation sites is 1. The summed E-state index contributed by atoms with van der Waals surface area (Å²) in [6, 6.07) is 27.5. The number of anilines is 1. The second kappa shape index (κ2) is 15.7. The number of nitrogens with zero attached hydrogens (tertiary/aromatic N) is 2. The zero-order chi connectivity index (χ0) is 33.4. The highest BCUT2D eigenvalue weighted by Crippen LogP contribution is 2.28. The molecule has 0 unspecified atom stereocenters. The largest absolute Gasteiger partial charge is 0.352 e. The smallest absolute Gasteiger partial charge is 0.264 e. The quantitative estimate of drug-likeness (QED) is 0.168. The third kappa shape index (κ3) is 8.87. The van der Waals surface area contributed by atoms with Crippen molar-refractivity contribution in [1.29, 1.82) is 0 Å². The lowest BCUT2D eigenvalue weighted by Gasteiger charge is -2.35. The normalized spacial score (nSPS) is 14.3. The van der Waals surface area contributed by atoms with Crippen LogP contribution in [0.3, 0.4) is 0 Å². The maximum atomic E-state index is 15.3. The van der Waals surface area contributed by atoms with Crippen molar-refractivity contribution in [3.8, 4) is 0 Å². The molecule has 4 aromatic carbocycles. The molecule has 0 aromatic heterocycles. The fraction of sp³-hybridized carbons (Fsp3) is 0.297. The molecule has 0 radical (unpaired) electrons. The minimum Gasteiger partial charge on any atom is -0.352 e. The van der Waals surface area contributed by atoms with Crippen molar-refractivity contribution < 1.29 is 22.4 Å². The molecule has 1 aliphatic carbocycles. The summed E-state index contributed by atoms with van der Waals surface area (Å²) < 4.78 is 45.2. The molecule has 1 aliphatic rings. The van der Waals surface area contributed by atoms with E-state index in [0.717, 1.165) is 63.6 Å². The van der Waals surface area contributed by atoms with E-state index < -0.39 is 34.3 Å². The molecule has 0 aliphatic heterocycles. The summed E-state index contributed by atoms with van der Waals surface area (Å²) in [6.45, 7) is 1.16. The monoisotopic (exact) mass is 719 g/mol. The molecule has 1 saturated carbocycles. The molecule has 1 N–H and O–H groups in total. The van der Waals surface area contributed by atoms with Gasteiger partial charge in [0.25, 0.3) is 10.0 Å². The second-order valence-electron chi connectivity index (χ2n) is 12.0. The summed E-state index contributed by atoms with van der Waals surface area (Å²) in [5, 5.41) is 3.19. The van der Waals surface area contributed by atoms with Crippen LogP contribution in [0.1, 0.15) is 48.8 Å². The zero-order valence-corrected chi connectivity index (χ0v) is 28.7. The highest BCUT2D eigenvalue weighted by atomic mass is 79.9. The van der Waals surface area contributed by atoms with Gasteiger partial charge in [-0.15, -0.1) is 0 Å². The third-order valence-electron chi connectivity index (χ3n) is 8.50. The molecule has 0 heterocycles. The van der Waals surface area contributed by atoms with Crippen molar-refractivity contribution in [2.75, 3.05) is 10.8 Å². The molecule has 5 rings (SSSR count). The van der Waals surface area contributed by atoms with Gasteiger partial charge in [0.15, 0.2) is 0 Å². The van der Waals surface area contributed by atoms with E-state index in [4.69, 9.17) is 0 Å². The van der Waals surface area contributed by atoms with E-state index in [0.29, 0.717) is 0 Å². The van der Waals surface area contributed by atoms with E-state index in [1.165, 1.54) is 35.2 Å². The SMILES string of the molecule is Cc1ccc(S(=O)(=O)N(CC(=O)N(Cc2ccc(Br)cc2)[C@H](Cc2ccccc2)C(=O)NC2CCCCC2)c2ccccc2F)cc1. The molecule has 7 nitrogen and oxygen atoms in total. The molecule has 246 valence electrons. The fourth-order valence-electron chi connectivity index (χ4n) is 5.89. The average molecular weight is 721 g/mol. The summed E-state index contributed by atoms with van der Waals surface area (Å²) in [4.78, 5) is 30.1. The highest BCUT2D eigenvalue weighted by molar-refractivity contribution is 9.10. The van der Waals surface area contributed by atoms with Gasteiger partial charge in [-0.1, -0.05) is 107 Å². The van der Waals surface area contributed by atoms with Crippen molar-refractivity contribution in [3.63, 3.8) is 0 Å². The van der Waals surface area contributed by atoms with Crippen LogP contribution in [0.15, 0.2) is 112 Å². The number of carbonyl (C=O) groups excluding carboxylic acids is 2. The Balaban J connectivity index is 1.56. The summed E-state index contributed by atoms with van der Waals surface area (Å²) in [7, 11) is -4.39. The van der Waals surface area contributed by atoms with Crippen molar-refractivity contribution in [2.45, 2.75) is 69.0 Å². The summed E-state index contributed by atoms with van der Waals surface area (Å²) in [6.07, 6.45) is 5.09. The Morgan fingerprint density at radius 3 is 2.15 bits per heavy atom. The molecule has 0 spiro atoms. The van der Waals surface area contributed by atoms with E-state index >= 15 is 4.39 Å². The van der Waals surface area contributed by atoms with Crippen molar-refractivity contribution in [1.82, 2.24) is 10.2 Å². The Morgan fingerprint density at radius 1 is 0.851 bits per heavy atom. The Morgan fingerprint density at radius 2 is 1.49 bits per heavy atom. The van der Waals surface area contributed by atoms with Crippen molar-refractivity contribution in [2.24, 2.45) is 0 Å². The highest BCUT2D eigenvalue weighted by Gasteiger charge is 2.36. The van der Waals surface area contributed by atoms with Crippen LogP contribution < -0.4 is 9.62 Å². The Labute approximate surface area is 285 Å². The van der Waals surface area contributed by atoms with Crippen LogP contribution in [0.2, 0.25) is 0 Å². The topological polar surface area (TPSA) is 86.8 Å². The first kappa shape index (κ1) is 34.3. The summed E-state index contributed by atoms with van der Waals surface area (Å²) in [5.74, 6) is -1.72. The van der Waals surface area contributed by atoms with Crippen LogP contribution in [-0.4, -0.2) is 43.8 Å². The lowest BCUT2D eigenvalue weighted by molar-refractivity contribution is -0.140. The summed E-state index contributed by atoms with van der Waals surface area (Å²) >= 11 is 3.45. The number of nitrogens with one attached hydrogen (secondary N) is 1. The van der Waals surface area contributed by atoms with Crippen molar-refractivity contribution in [3.05, 3.63) is 130 Å². The number of hydrogen-bond donors (Lipinski definition) is 1. The van der Waals surface area contributed by atoms with Crippen LogP contribution in [0.25, 0.3) is 0 Å². The molecule has 1 fully saturated rings. The third-order valence-corrected chi connectivity index (χ3v) is 10.8. The zero-order valence-electron chi connectivity index (χ0n) is 26.3. The average Bonchev–Trinajstić information content (AvgIpc) is 3.07. The number of hydrogen-bond acceptors (Lipinski definition) is 4. The van der Waals surface area contributed by atoms with E-state index in [-0.39, 0.29) is 35.5 Å². The first-order valence-corrected chi connectivity index (χ1v) is 18.1. The van der Waals surface area contributed by atoms with Crippen LogP contribution in [-0.2, 0) is 32.6 Å². The van der Waals surface area contributed by atoms with Gasteiger partial charge in [-0.25, -0.2) is 12.8 Å². The number of amides is 2. The standard InChI is InChI=1S/C37H39BrFN3O4S/c1-27-16-22-32(23-17-27)47(45,46)42(34-15-9-8-14-33(34)39)26-36(43)41(25-29-18-20-30(38)21-19-29)35(24-28-10-4-2-5-11-28)37(44)40-31-12-6-3-7-13-31/h2,4-5,8-11,14-23,31,35H,3,6-7,12-13,24-26H2,1H3,(H,40,44)/t35-/m1/s1. The lowest BCUT2D eigenvalue weighted by Crippen LogP contribution is -2.55. The maximum absolute atomic E-state index is 15.3. The van der Waals surface area contributed by atoms with Crippen LogP contribution in [0, 0.1) is 12.7 Å². The van der Waals surface area contributed by atoms with E-state index in [1.54, 1.807) is 12.1 Å². The van der Waals surface area contributed by atoms with Gasteiger partial charge in [0, 0.05) is 23.5 Å². The first-order chi connectivity index (χ1) is 22.6. The van der Waals surface area contributed by atoms with Crippen LogP contribution in [0.4, 0.5) is 10.1 Å². The number of carbonyl (C=O) groups is 2. The van der Waals surface area contributed by atoms with E-state index in [2.05, 4.69) is 21.2 Å². The number of benzene rings is 4. The van der Waals surface area contributed by atoms with Gasteiger partial charge in [0.2, 0.25) is 11.8 Å². The van der Waals surface area contributed by atoms with E-state index in [9.17, 15) is 18.0 Å². The molecule has 1 atom stereocenters. The predicted molar refractivity (Wildman–Crippen MR) is 186 cm³/mol. The van der Waals surface area contributed by atoms with Gasteiger partial charge in [0.05, 0.1) is 10.6 Å². The predicted octanol–water partition coefficient (Wildman–Crippen LogP) is 7.18. The van der Waals surface area contributed by atoms with Gasteiger partial charge in [-0.2, -0.15) is 0 Å².